The quantitative estimate of drug-likeness (QED) is 0.280. The van der Waals surface area contributed by atoms with E-state index in [2.05, 4.69) is 13.0 Å². The summed E-state index contributed by atoms with van der Waals surface area (Å²) in [6.45, 7) is 6.22. The normalized spacial score (nSPS) is 24.6. The summed E-state index contributed by atoms with van der Waals surface area (Å²) in [5, 5.41) is 29.4. The van der Waals surface area contributed by atoms with Gasteiger partial charge >= 0.3 is 5.97 Å². The number of allylic oxidation sites excluding steroid dienone is 1. The Morgan fingerprint density at radius 3 is 2.56 bits per heavy atom. The molecule has 0 aromatic carbocycles. The highest BCUT2D eigenvalue weighted by Crippen LogP contribution is 2.37. The van der Waals surface area contributed by atoms with Crippen molar-refractivity contribution in [2.24, 2.45) is 17.3 Å². The lowest BCUT2D eigenvalue weighted by molar-refractivity contribution is -0.139. The Labute approximate surface area is 166 Å². The molecule has 0 aliphatic heterocycles. The molecule has 0 heterocycles. The number of carbonyl (C=O) groups is 1. The third-order valence-electron chi connectivity index (χ3n) is 6.04. The van der Waals surface area contributed by atoms with Gasteiger partial charge in [-0.3, -0.25) is 4.79 Å². The van der Waals surface area contributed by atoms with Gasteiger partial charge in [0.2, 0.25) is 0 Å². The van der Waals surface area contributed by atoms with Crippen molar-refractivity contribution in [3.63, 3.8) is 0 Å². The summed E-state index contributed by atoms with van der Waals surface area (Å²) in [7, 11) is 0. The molecule has 0 aromatic rings. The monoisotopic (exact) mass is 382 g/mol. The SMILES string of the molecule is CCCCCCC(O)C=C[C@H]1CC[C@H](O)[C@@H]1CCCCC(C)(C)CC(=O)O. The van der Waals surface area contributed by atoms with E-state index in [4.69, 9.17) is 5.11 Å². The second-order valence-electron chi connectivity index (χ2n) is 9.25. The first kappa shape index (κ1) is 24.2. The van der Waals surface area contributed by atoms with Crippen LogP contribution in [0.15, 0.2) is 12.2 Å². The van der Waals surface area contributed by atoms with Crippen LogP contribution >= 0.6 is 0 Å². The molecule has 4 atom stereocenters. The third kappa shape index (κ3) is 10.3. The molecule has 0 aromatic heterocycles. The van der Waals surface area contributed by atoms with E-state index in [1.807, 2.05) is 19.9 Å². The number of hydrogen-bond acceptors (Lipinski definition) is 3. The van der Waals surface area contributed by atoms with Gasteiger partial charge < -0.3 is 15.3 Å². The van der Waals surface area contributed by atoms with Crippen LogP contribution in [0.3, 0.4) is 0 Å². The van der Waals surface area contributed by atoms with Crippen LogP contribution in [0.25, 0.3) is 0 Å². The minimum atomic E-state index is -0.732. The van der Waals surface area contributed by atoms with Crippen LogP contribution in [0.2, 0.25) is 0 Å². The van der Waals surface area contributed by atoms with Gasteiger partial charge in [-0.25, -0.2) is 0 Å². The molecular weight excluding hydrogens is 340 g/mol. The van der Waals surface area contributed by atoms with E-state index in [1.165, 1.54) is 19.3 Å². The fourth-order valence-electron chi connectivity index (χ4n) is 4.35. The molecule has 27 heavy (non-hydrogen) atoms. The number of carboxylic acid groups (broad SMARTS) is 1. The zero-order valence-corrected chi connectivity index (χ0v) is 17.7. The average Bonchev–Trinajstić information content (AvgIpc) is 2.92. The fraction of sp³-hybridized carbons (Fsp3) is 0.870. The van der Waals surface area contributed by atoms with Gasteiger partial charge in [0.1, 0.15) is 0 Å². The van der Waals surface area contributed by atoms with Crippen LogP contribution < -0.4 is 0 Å². The molecule has 1 aliphatic carbocycles. The van der Waals surface area contributed by atoms with Crippen LogP contribution in [0.1, 0.15) is 97.8 Å². The molecule has 0 bridgehead atoms. The largest absolute Gasteiger partial charge is 0.481 e. The van der Waals surface area contributed by atoms with Crippen LogP contribution in [0.4, 0.5) is 0 Å². The van der Waals surface area contributed by atoms with Crippen LogP contribution in [-0.2, 0) is 4.79 Å². The van der Waals surface area contributed by atoms with Crippen molar-refractivity contribution in [1.29, 1.82) is 0 Å². The first-order valence-electron chi connectivity index (χ1n) is 11.0. The lowest BCUT2D eigenvalue weighted by Crippen LogP contribution is -2.19. The summed E-state index contributed by atoms with van der Waals surface area (Å²) < 4.78 is 0. The van der Waals surface area contributed by atoms with Gasteiger partial charge in [-0.05, 0) is 49.4 Å². The Kier molecular flexibility index (Phi) is 11.2. The lowest BCUT2D eigenvalue weighted by Gasteiger charge is -2.24. The molecule has 3 N–H and O–H groups in total. The van der Waals surface area contributed by atoms with E-state index in [0.29, 0.717) is 5.92 Å². The smallest absolute Gasteiger partial charge is 0.303 e. The number of aliphatic hydroxyl groups is 2. The standard InChI is InChI=1S/C23H42O4/c1-4-5-6-7-10-19(24)14-12-18-13-15-21(25)20(18)11-8-9-16-23(2,3)17-22(26)27/h12,14,18-21,24-25H,4-11,13,15-17H2,1-3H3,(H,26,27)/t18-,19?,20+,21-/m0/s1. The number of aliphatic hydroxyl groups excluding tert-OH is 2. The Morgan fingerprint density at radius 1 is 1.15 bits per heavy atom. The Balaban J connectivity index is 2.35. The van der Waals surface area contributed by atoms with Crippen molar-refractivity contribution in [3.8, 4) is 0 Å². The van der Waals surface area contributed by atoms with Crippen LogP contribution in [0, 0.1) is 17.3 Å². The van der Waals surface area contributed by atoms with Crippen molar-refractivity contribution in [2.45, 2.75) is 110 Å². The lowest BCUT2D eigenvalue weighted by atomic mass is 9.82. The third-order valence-corrected chi connectivity index (χ3v) is 6.04. The minimum Gasteiger partial charge on any atom is -0.481 e. The summed E-state index contributed by atoms with van der Waals surface area (Å²) in [4.78, 5) is 10.9. The van der Waals surface area contributed by atoms with Crippen LogP contribution in [-0.4, -0.2) is 33.5 Å². The maximum absolute atomic E-state index is 10.9. The summed E-state index contributed by atoms with van der Waals surface area (Å²) in [6.07, 6.45) is 15.0. The second kappa shape index (κ2) is 12.6. The average molecular weight is 383 g/mol. The first-order valence-corrected chi connectivity index (χ1v) is 11.0. The number of unbranched alkanes of at least 4 members (excludes halogenated alkanes) is 4. The van der Waals surface area contributed by atoms with Gasteiger partial charge in [0.05, 0.1) is 18.6 Å². The maximum atomic E-state index is 10.9. The molecular formula is C23H42O4. The molecule has 0 spiro atoms. The van der Waals surface area contributed by atoms with Gasteiger partial charge in [0.15, 0.2) is 0 Å². The van der Waals surface area contributed by atoms with Crippen molar-refractivity contribution in [3.05, 3.63) is 12.2 Å². The van der Waals surface area contributed by atoms with Gasteiger partial charge in [0.25, 0.3) is 0 Å². The van der Waals surface area contributed by atoms with Gasteiger partial charge in [-0.1, -0.05) is 71.4 Å². The molecule has 0 saturated heterocycles. The van der Waals surface area contributed by atoms with E-state index in [0.717, 1.165) is 51.4 Å². The number of carboxylic acids is 1. The summed E-state index contributed by atoms with van der Waals surface area (Å²) in [5.74, 6) is -0.0990. The van der Waals surface area contributed by atoms with Crippen molar-refractivity contribution in [2.75, 3.05) is 0 Å². The molecule has 4 heteroatoms. The fourth-order valence-corrected chi connectivity index (χ4v) is 4.35. The Hall–Kier alpha value is -0.870. The van der Waals surface area contributed by atoms with Crippen molar-refractivity contribution < 1.29 is 20.1 Å². The van der Waals surface area contributed by atoms with E-state index >= 15 is 0 Å². The van der Waals surface area contributed by atoms with Gasteiger partial charge in [-0.2, -0.15) is 0 Å². The van der Waals surface area contributed by atoms with Gasteiger partial charge in [-0.15, -0.1) is 0 Å². The zero-order chi connectivity index (χ0) is 20.3. The number of aliphatic carboxylic acids is 1. The number of rotatable bonds is 14. The predicted octanol–water partition coefficient (Wildman–Crippen LogP) is 5.32. The van der Waals surface area contributed by atoms with Crippen LogP contribution in [0.5, 0.6) is 0 Å². The van der Waals surface area contributed by atoms with Crippen molar-refractivity contribution in [1.82, 2.24) is 0 Å². The molecule has 1 aliphatic rings. The first-order chi connectivity index (χ1) is 12.7. The molecule has 0 amide bonds. The van der Waals surface area contributed by atoms with Gasteiger partial charge in [0, 0.05) is 0 Å². The highest BCUT2D eigenvalue weighted by atomic mass is 16.4. The topological polar surface area (TPSA) is 77.8 Å². The zero-order valence-electron chi connectivity index (χ0n) is 17.7. The van der Waals surface area contributed by atoms with Crippen molar-refractivity contribution >= 4 is 5.97 Å². The van der Waals surface area contributed by atoms with E-state index in [9.17, 15) is 15.0 Å². The summed E-state index contributed by atoms with van der Waals surface area (Å²) in [6, 6.07) is 0. The maximum Gasteiger partial charge on any atom is 0.303 e. The highest BCUT2D eigenvalue weighted by molar-refractivity contribution is 5.67. The Bertz CT molecular complexity index is 444. The second-order valence-corrected chi connectivity index (χ2v) is 9.25. The van der Waals surface area contributed by atoms with E-state index < -0.39 is 5.97 Å². The molecule has 0 radical (unpaired) electrons. The Morgan fingerprint density at radius 2 is 1.89 bits per heavy atom. The predicted molar refractivity (Wildman–Crippen MR) is 111 cm³/mol. The minimum absolute atomic E-state index is 0.165. The van der Waals surface area contributed by atoms with E-state index in [-0.39, 0.29) is 30.0 Å². The molecule has 1 saturated carbocycles. The van der Waals surface area contributed by atoms with E-state index in [1.54, 1.807) is 0 Å². The summed E-state index contributed by atoms with van der Waals surface area (Å²) >= 11 is 0. The summed E-state index contributed by atoms with van der Waals surface area (Å²) in [5.41, 5.74) is -0.165. The molecule has 1 rings (SSSR count). The number of hydrogen-bond donors (Lipinski definition) is 3. The molecule has 1 fully saturated rings. The molecule has 1 unspecified atom stereocenters. The highest BCUT2D eigenvalue weighted by Gasteiger charge is 2.33. The molecule has 4 nitrogen and oxygen atoms in total. The molecule has 158 valence electrons.